The number of nitrogens with one attached hydrogen (secondary N) is 6. The number of hydrogen-bond donors (Lipinski definition) is 11. The van der Waals surface area contributed by atoms with Crippen LogP contribution in [0.3, 0.4) is 0 Å². The van der Waals surface area contributed by atoms with Crippen molar-refractivity contribution in [3.63, 3.8) is 0 Å². The summed E-state index contributed by atoms with van der Waals surface area (Å²) in [5, 5.41) is 53.9. The molecule has 35 heteroatoms. The topological polar surface area (TPSA) is 502 Å². The van der Waals surface area contributed by atoms with Gasteiger partial charge in [-0.3, -0.25) is 52.9 Å². The van der Waals surface area contributed by atoms with Gasteiger partial charge in [-0.05, 0) is 187 Å². The van der Waals surface area contributed by atoms with Gasteiger partial charge in [0.1, 0.15) is 70.4 Å². The lowest BCUT2D eigenvalue weighted by Crippen LogP contribution is -2.20. The molecule has 0 aliphatic rings. The van der Waals surface area contributed by atoms with Crippen LogP contribution in [0, 0.1) is 27.1 Å². The Morgan fingerprint density at radius 2 is 0.678 bits per heavy atom. The normalized spacial score (nSPS) is 11.6. The first-order valence-corrected chi connectivity index (χ1v) is 48.6. The Labute approximate surface area is 862 Å². The number of carbonyl (C=O) groups excluding carboxylic acids is 10. The molecule has 0 unspecified atom stereocenters. The number of hydrogen-bond acceptors (Lipinski definition) is 28. The quantitative estimate of drug-likeness (QED) is 0.0125. The molecule has 0 aliphatic heterocycles. The Bertz CT molecular complexity index is 6550. The number of aromatic nitrogens is 10. The summed E-state index contributed by atoms with van der Waals surface area (Å²) in [4.78, 5) is 158. The van der Waals surface area contributed by atoms with E-state index in [-0.39, 0.29) is 108 Å². The molecule has 5 aromatic carbocycles. The third-order valence-corrected chi connectivity index (χ3v) is 22.5. The third kappa shape index (κ3) is 34.6. The molecule has 0 spiro atoms. The Hall–Kier alpha value is -15.5. The zero-order valence-corrected chi connectivity index (χ0v) is 86.5. The second kappa shape index (κ2) is 52.7. The van der Waals surface area contributed by atoms with Gasteiger partial charge in [0.15, 0.2) is 46.3 Å². The number of rotatable bonds is 42. The molecule has 35 nitrogen and oxygen atoms in total. The lowest BCUT2D eigenvalue weighted by atomic mass is 9.89. The average Bonchev–Trinajstić information content (AvgIpc) is 1.68. The molecule has 0 aliphatic carbocycles. The third-order valence-electron chi connectivity index (χ3n) is 22.5. The Balaban J connectivity index is 0.000000179. The molecule has 0 saturated heterocycles. The first-order chi connectivity index (χ1) is 70.8. The summed E-state index contributed by atoms with van der Waals surface area (Å²) in [5.74, 6) is 1.33. The molecule has 15 aromatic rings. The van der Waals surface area contributed by atoms with Crippen LogP contribution in [0.5, 0.6) is 28.7 Å². The number of nitrogens with zero attached hydrogens (tertiary/aromatic N) is 6. The van der Waals surface area contributed by atoms with Crippen LogP contribution >= 0.6 is 0 Å². The van der Waals surface area contributed by atoms with Crippen LogP contribution < -0.4 is 20.1 Å². The molecule has 784 valence electrons. The summed E-state index contributed by atoms with van der Waals surface area (Å²) in [7, 11) is 0. The second-order valence-electron chi connectivity index (χ2n) is 40.1. The fraction of sp³-hybridized carbons (Fsp3) is 0.342. The van der Waals surface area contributed by atoms with Gasteiger partial charge in [-0.1, -0.05) is 110 Å². The number of amides is 2. The molecule has 0 fully saturated rings. The molecule has 11 N–H and O–H groups in total. The minimum absolute atomic E-state index is 0.00392. The molecule has 15 rings (SSSR count). The van der Waals surface area contributed by atoms with Crippen LogP contribution in [-0.2, 0) is 47.7 Å². The lowest BCUT2D eigenvalue weighted by Gasteiger charge is -2.14. The standard InChI is InChI=1S/2C27H35N3O7.3C20H20N2O3/c1-27(2,3)24(32)23-17-20-16-21(18-28-25(20)30-23)29-26(33)19-4-6-22(7-5-19)37-15-14-36-13-12-35-11-10-34-9-8-31;1-27(2,3)25(32)22-16-20-17-24(28-18-23(20)29-22)30-26(33)19-4-6-21(7-5-19)37-15-14-36-13-12-35-11-10-34-9-8-31;1-20(2,3)19(25)16-12-22-11-13(4-9-18(22)21-16)10-17(24)14-5-7-15(23)8-6-14;1-20(2,3)18(25)16-10-14-8-12(11-21-19(14)22-16)9-17(24)13-4-6-15(23)7-5-13;1-20(2,3)19(25)16-9-13-8-14(21-11-17(13)22-16)10-18(24)12-4-6-15(23)7-5-12/h4-7,16-18,31H,8-15H2,1-3H3,(H,28,30)(H,29,33);4-7,16-18,29,31H,8-15H2,1-3H3,(H,28,30,33);4-9,11-12,23H,10H2,1-3H3;4-8,10-11,23H,9H2,1-3H3,(H,21,22);4-9,11,22-23H,10H2,1-3H3. The molecule has 0 radical (unpaired) electrons. The number of phenolic OH excluding ortho intramolecular Hbond substituents is 3. The van der Waals surface area contributed by atoms with E-state index in [9.17, 15) is 63.3 Å². The maximum atomic E-state index is 12.7. The fourth-order valence-corrected chi connectivity index (χ4v) is 14.5. The van der Waals surface area contributed by atoms with Gasteiger partial charge in [-0.25, -0.2) is 19.9 Å². The van der Waals surface area contributed by atoms with Crippen LogP contribution in [0.15, 0.2) is 219 Å². The molecular formula is C114H130N12O23. The number of anilines is 2. The molecule has 0 atom stereocenters. The highest BCUT2D eigenvalue weighted by molar-refractivity contribution is 6.09. The minimum atomic E-state index is -0.507. The number of aromatic hydroxyl groups is 3. The van der Waals surface area contributed by atoms with Crippen molar-refractivity contribution >= 4 is 119 Å². The molecule has 0 bridgehead atoms. The van der Waals surface area contributed by atoms with Crippen molar-refractivity contribution in [3.05, 3.63) is 292 Å². The van der Waals surface area contributed by atoms with E-state index >= 15 is 0 Å². The van der Waals surface area contributed by atoms with Crippen molar-refractivity contribution in [2.75, 3.05) is 116 Å². The molecule has 149 heavy (non-hydrogen) atoms. The number of carbonyl (C=O) groups is 10. The first kappa shape index (κ1) is 114. The van der Waals surface area contributed by atoms with Crippen LogP contribution in [0.4, 0.5) is 11.5 Å². The zero-order chi connectivity index (χ0) is 108. The summed E-state index contributed by atoms with van der Waals surface area (Å²) >= 11 is 0. The smallest absolute Gasteiger partial charge is 0.256 e. The number of ketones is 8. The molecule has 0 saturated carbocycles. The van der Waals surface area contributed by atoms with Gasteiger partial charge in [0.05, 0.1) is 157 Å². The van der Waals surface area contributed by atoms with E-state index < -0.39 is 27.1 Å². The van der Waals surface area contributed by atoms with Gasteiger partial charge < -0.3 is 98.4 Å². The first-order valence-electron chi connectivity index (χ1n) is 48.6. The average molecular weight is 2040 g/mol. The van der Waals surface area contributed by atoms with Gasteiger partial charge in [-0.15, -0.1) is 0 Å². The Morgan fingerprint density at radius 3 is 1.10 bits per heavy atom. The van der Waals surface area contributed by atoms with E-state index in [1.165, 1.54) is 36.4 Å². The number of aromatic amines is 4. The fourth-order valence-electron chi connectivity index (χ4n) is 14.5. The van der Waals surface area contributed by atoms with Crippen LogP contribution in [0.25, 0.3) is 49.5 Å². The molecule has 2 amide bonds. The van der Waals surface area contributed by atoms with Gasteiger partial charge >= 0.3 is 0 Å². The van der Waals surface area contributed by atoms with Crippen molar-refractivity contribution in [1.29, 1.82) is 0 Å². The number of aliphatic hydroxyl groups is 2. The van der Waals surface area contributed by atoms with Gasteiger partial charge in [-0.2, -0.15) is 0 Å². The largest absolute Gasteiger partial charge is 0.508 e. The summed E-state index contributed by atoms with van der Waals surface area (Å²) in [6.45, 7) is 33.8. The van der Waals surface area contributed by atoms with Crippen molar-refractivity contribution in [1.82, 2.24) is 49.3 Å². The van der Waals surface area contributed by atoms with E-state index in [2.05, 4.69) is 55.5 Å². The SMILES string of the molecule is CC(C)(C)C(=O)c1cc2cc(CC(=O)c3ccc(O)cc3)cnc2[nH]1.CC(C)(C)C(=O)c1cc2cc(CC(=O)c3ccc(O)cc3)ncc2[nH]1.CC(C)(C)C(=O)c1cc2cc(NC(=O)c3ccc(OCCOCCOCCOCCO)cc3)cnc2[nH]1.CC(C)(C)C(=O)c1cc2cc(NC(=O)c3ccc(OCCOCCOCCOCCO)cc3)ncc2[nH]1.CC(C)(C)C(=O)c1cn2cc(CC(=O)c3ccc(O)cc3)ccc2n1. The lowest BCUT2D eigenvalue weighted by molar-refractivity contribution is 0.00361. The zero-order valence-electron chi connectivity index (χ0n) is 86.5. The van der Waals surface area contributed by atoms with E-state index in [0.29, 0.717) is 194 Å². The number of ether oxygens (including phenoxy) is 8. The predicted octanol–water partition coefficient (Wildman–Crippen LogP) is 18.5. The van der Waals surface area contributed by atoms with E-state index in [4.69, 9.17) is 48.1 Å². The van der Waals surface area contributed by atoms with Gasteiger partial charge in [0.25, 0.3) is 11.8 Å². The van der Waals surface area contributed by atoms with Crippen LogP contribution in [0.1, 0.15) is 225 Å². The van der Waals surface area contributed by atoms with Crippen LogP contribution in [0.2, 0.25) is 0 Å². The maximum Gasteiger partial charge on any atom is 0.256 e. The summed E-state index contributed by atoms with van der Waals surface area (Å²) < 4.78 is 44.8. The number of imidazole rings is 1. The number of Topliss-reactive ketones (excluding diaryl/α,β-unsaturated/α-hetero) is 8. The Morgan fingerprint density at radius 1 is 0.322 bits per heavy atom. The minimum Gasteiger partial charge on any atom is -0.508 e. The van der Waals surface area contributed by atoms with E-state index in [1.54, 1.807) is 163 Å². The number of phenols is 3. The van der Waals surface area contributed by atoms with Crippen molar-refractivity contribution < 1.29 is 111 Å². The van der Waals surface area contributed by atoms with Crippen LogP contribution in [-0.4, -0.2) is 239 Å². The summed E-state index contributed by atoms with van der Waals surface area (Å²) in [6, 6.07) is 50.1. The number of fused-ring (bicyclic) bond motifs is 5. The number of aliphatic hydroxyl groups excluding tert-OH is 2. The van der Waals surface area contributed by atoms with E-state index in [1.807, 2.05) is 128 Å². The maximum absolute atomic E-state index is 12.7. The number of pyridine rings is 5. The van der Waals surface area contributed by atoms with Gasteiger partial charge in [0.2, 0.25) is 0 Å². The molecule has 10 aromatic heterocycles. The highest BCUT2D eigenvalue weighted by Gasteiger charge is 2.31. The summed E-state index contributed by atoms with van der Waals surface area (Å²) in [6.07, 6.45) is 10.6. The highest BCUT2D eigenvalue weighted by Crippen LogP contribution is 2.32. The van der Waals surface area contributed by atoms with Crippen molar-refractivity contribution in [2.45, 2.75) is 123 Å². The Kier molecular flexibility index (Phi) is 40.3. The van der Waals surface area contributed by atoms with E-state index in [0.717, 1.165) is 43.7 Å². The number of H-pyrrole nitrogens is 4. The summed E-state index contributed by atoms with van der Waals surface area (Å²) in [5.41, 5.74) is 8.80. The number of benzene rings is 5. The second-order valence-corrected chi connectivity index (χ2v) is 40.1. The highest BCUT2D eigenvalue weighted by atomic mass is 16.6. The van der Waals surface area contributed by atoms with Gasteiger partial charge in [0, 0.05) is 114 Å². The molecular weight excluding hydrogens is 1910 g/mol. The predicted molar refractivity (Wildman–Crippen MR) is 566 cm³/mol. The molecule has 10 heterocycles. The van der Waals surface area contributed by atoms with Crippen molar-refractivity contribution in [3.8, 4) is 28.7 Å². The monoisotopic (exact) mass is 2030 g/mol. The van der Waals surface area contributed by atoms with Crippen molar-refractivity contribution in [2.24, 2.45) is 27.1 Å².